The Bertz CT molecular complexity index is 610. The molecule has 2 aromatic rings. The Kier molecular flexibility index (Phi) is 4.33. The van der Waals surface area contributed by atoms with E-state index in [9.17, 15) is 15.0 Å². The molecule has 0 aliphatic rings. The molecule has 1 heterocycles. The van der Waals surface area contributed by atoms with Crippen LogP contribution in [-0.2, 0) is 4.74 Å². The smallest absolute Gasteiger partial charge is 0.337 e. The Hall–Kier alpha value is -1.96. The second-order valence-electron chi connectivity index (χ2n) is 4.39. The Morgan fingerprint density at radius 1 is 1.45 bits per heavy atom. The molecule has 0 spiro atoms. The molecular formula is C13H16N2O5. The molecule has 108 valence electrons. The predicted molar refractivity (Wildman–Crippen MR) is 70.1 cm³/mol. The second-order valence-corrected chi connectivity index (χ2v) is 4.39. The molecule has 4 N–H and O–H groups in total. The van der Waals surface area contributed by atoms with Gasteiger partial charge < -0.3 is 20.1 Å². The summed E-state index contributed by atoms with van der Waals surface area (Å²) in [6, 6.07) is 4.71. The van der Waals surface area contributed by atoms with Crippen LogP contribution in [0, 0.1) is 0 Å². The molecule has 0 bridgehead atoms. The summed E-state index contributed by atoms with van der Waals surface area (Å²) in [5.74, 6) is -0.475. The number of aliphatic hydroxyl groups excluding tert-OH is 3. The monoisotopic (exact) mass is 280 g/mol. The van der Waals surface area contributed by atoms with Crippen LogP contribution < -0.4 is 0 Å². The van der Waals surface area contributed by atoms with Crippen molar-refractivity contribution >= 4 is 16.9 Å². The van der Waals surface area contributed by atoms with E-state index in [0.717, 1.165) is 0 Å². The third-order valence-corrected chi connectivity index (χ3v) is 3.09. The number of hydrogen-bond acceptors (Lipinski definition) is 6. The van der Waals surface area contributed by atoms with Crippen LogP contribution >= 0.6 is 0 Å². The number of esters is 1. The lowest BCUT2D eigenvalue weighted by atomic mass is 10.0. The first-order valence-electron chi connectivity index (χ1n) is 6.11. The molecule has 0 saturated carbocycles. The molecule has 2 rings (SSSR count). The van der Waals surface area contributed by atoms with Crippen molar-refractivity contribution in [1.82, 2.24) is 10.2 Å². The number of nitrogens with zero attached hydrogens (tertiary/aromatic N) is 1. The van der Waals surface area contributed by atoms with Crippen molar-refractivity contribution in [1.29, 1.82) is 0 Å². The van der Waals surface area contributed by atoms with Gasteiger partial charge in [-0.15, -0.1) is 0 Å². The van der Waals surface area contributed by atoms with Crippen LogP contribution in [0.15, 0.2) is 18.2 Å². The van der Waals surface area contributed by atoms with Crippen molar-refractivity contribution in [2.75, 3.05) is 13.7 Å². The van der Waals surface area contributed by atoms with Crippen LogP contribution in [0.2, 0.25) is 0 Å². The summed E-state index contributed by atoms with van der Waals surface area (Å²) in [7, 11) is 1.29. The van der Waals surface area contributed by atoms with Gasteiger partial charge in [-0.25, -0.2) is 4.79 Å². The molecule has 1 aromatic carbocycles. The molecule has 0 radical (unpaired) electrons. The van der Waals surface area contributed by atoms with Crippen LogP contribution in [0.4, 0.5) is 0 Å². The standard InChI is InChI=1S/C13H16N2O5/c1-20-13(19)7-2-3-8-9(6-7)14-15-11(8)12(18)10(17)4-5-16/h2-3,6,10,12,16-18H,4-5H2,1H3,(H,14,15). The largest absolute Gasteiger partial charge is 0.465 e. The first-order valence-corrected chi connectivity index (χ1v) is 6.11. The van der Waals surface area contributed by atoms with E-state index in [1.165, 1.54) is 13.2 Å². The van der Waals surface area contributed by atoms with Crippen LogP contribution in [-0.4, -0.2) is 51.3 Å². The van der Waals surface area contributed by atoms with Crippen LogP contribution in [0.1, 0.15) is 28.6 Å². The molecule has 0 saturated heterocycles. The Morgan fingerprint density at radius 3 is 2.85 bits per heavy atom. The minimum atomic E-state index is -1.18. The van der Waals surface area contributed by atoms with E-state index in [2.05, 4.69) is 14.9 Å². The molecule has 0 fully saturated rings. The average molecular weight is 280 g/mol. The van der Waals surface area contributed by atoms with E-state index >= 15 is 0 Å². The number of ether oxygens (including phenoxy) is 1. The lowest BCUT2D eigenvalue weighted by molar-refractivity contribution is 0.00264. The Labute approximate surface area is 114 Å². The van der Waals surface area contributed by atoms with E-state index in [-0.39, 0.29) is 13.0 Å². The number of fused-ring (bicyclic) bond motifs is 1. The number of aromatic amines is 1. The van der Waals surface area contributed by atoms with Crippen molar-refractivity contribution in [3.8, 4) is 0 Å². The number of carbonyl (C=O) groups is 1. The van der Waals surface area contributed by atoms with Gasteiger partial charge in [0.2, 0.25) is 0 Å². The summed E-state index contributed by atoms with van der Waals surface area (Å²) in [5.41, 5.74) is 1.18. The fourth-order valence-electron chi connectivity index (χ4n) is 1.99. The molecule has 7 heteroatoms. The summed E-state index contributed by atoms with van der Waals surface area (Å²) in [6.07, 6.45) is -2.22. The molecule has 20 heavy (non-hydrogen) atoms. The number of aromatic nitrogens is 2. The number of methoxy groups -OCH3 is 1. The van der Waals surface area contributed by atoms with Gasteiger partial charge in [-0.1, -0.05) is 0 Å². The van der Waals surface area contributed by atoms with E-state index < -0.39 is 18.2 Å². The third-order valence-electron chi connectivity index (χ3n) is 3.09. The predicted octanol–water partition coefficient (Wildman–Crippen LogP) is 0.126. The SMILES string of the molecule is COC(=O)c1ccc2c(C(O)C(O)CCO)[nH]nc2c1. The highest BCUT2D eigenvalue weighted by Gasteiger charge is 2.22. The van der Waals surface area contributed by atoms with Gasteiger partial charge in [-0.3, -0.25) is 5.10 Å². The van der Waals surface area contributed by atoms with Gasteiger partial charge in [0, 0.05) is 12.0 Å². The highest BCUT2D eigenvalue weighted by atomic mass is 16.5. The maximum atomic E-state index is 11.4. The fourth-order valence-corrected chi connectivity index (χ4v) is 1.99. The number of aliphatic hydroxyl groups is 3. The number of rotatable bonds is 5. The summed E-state index contributed by atoms with van der Waals surface area (Å²) < 4.78 is 4.62. The zero-order chi connectivity index (χ0) is 14.7. The Morgan fingerprint density at radius 2 is 2.20 bits per heavy atom. The third kappa shape index (κ3) is 2.64. The van der Waals surface area contributed by atoms with Gasteiger partial charge in [0.15, 0.2) is 0 Å². The molecule has 0 amide bonds. The number of nitrogens with one attached hydrogen (secondary N) is 1. The van der Waals surface area contributed by atoms with Gasteiger partial charge in [0.1, 0.15) is 6.10 Å². The summed E-state index contributed by atoms with van der Waals surface area (Å²) in [6.45, 7) is -0.225. The van der Waals surface area contributed by atoms with E-state index in [1.54, 1.807) is 12.1 Å². The minimum Gasteiger partial charge on any atom is -0.465 e. The average Bonchev–Trinajstić information content (AvgIpc) is 2.88. The number of hydrogen-bond donors (Lipinski definition) is 4. The molecule has 7 nitrogen and oxygen atoms in total. The molecule has 1 aromatic heterocycles. The molecule has 0 aliphatic heterocycles. The van der Waals surface area contributed by atoms with Crippen LogP contribution in [0.25, 0.3) is 10.9 Å². The van der Waals surface area contributed by atoms with Crippen molar-refractivity contribution in [2.45, 2.75) is 18.6 Å². The van der Waals surface area contributed by atoms with E-state index in [0.29, 0.717) is 22.2 Å². The summed E-state index contributed by atoms with van der Waals surface area (Å²) >= 11 is 0. The van der Waals surface area contributed by atoms with Crippen molar-refractivity contribution < 1.29 is 24.9 Å². The number of carbonyl (C=O) groups excluding carboxylic acids is 1. The van der Waals surface area contributed by atoms with Crippen molar-refractivity contribution in [3.05, 3.63) is 29.5 Å². The lowest BCUT2D eigenvalue weighted by Crippen LogP contribution is -2.20. The molecule has 2 atom stereocenters. The van der Waals surface area contributed by atoms with Gasteiger partial charge >= 0.3 is 5.97 Å². The summed E-state index contributed by atoms with van der Waals surface area (Å²) in [4.78, 5) is 11.4. The van der Waals surface area contributed by atoms with Gasteiger partial charge in [-0.2, -0.15) is 5.10 Å². The first-order chi connectivity index (χ1) is 9.58. The topological polar surface area (TPSA) is 116 Å². The zero-order valence-corrected chi connectivity index (χ0v) is 10.9. The molecular weight excluding hydrogens is 264 g/mol. The fraction of sp³-hybridized carbons (Fsp3) is 0.385. The maximum absolute atomic E-state index is 11.4. The van der Waals surface area contributed by atoms with Crippen molar-refractivity contribution in [2.24, 2.45) is 0 Å². The quantitative estimate of drug-likeness (QED) is 0.578. The zero-order valence-electron chi connectivity index (χ0n) is 10.9. The second kappa shape index (κ2) is 6.00. The van der Waals surface area contributed by atoms with Crippen molar-refractivity contribution in [3.63, 3.8) is 0 Å². The highest BCUT2D eigenvalue weighted by molar-refractivity contribution is 5.94. The van der Waals surface area contributed by atoms with Gasteiger partial charge in [-0.05, 0) is 24.6 Å². The first kappa shape index (κ1) is 14.4. The molecule has 2 unspecified atom stereocenters. The number of benzene rings is 1. The normalized spacial score (nSPS) is 14.2. The summed E-state index contributed by atoms with van der Waals surface area (Å²) in [5, 5.41) is 35.7. The van der Waals surface area contributed by atoms with E-state index in [1.807, 2.05) is 0 Å². The van der Waals surface area contributed by atoms with Crippen LogP contribution in [0.3, 0.4) is 0 Å². The lowest BCUT2D eigenvalue weighted by Gasteiger charge is -2.15. The molecule has 0 aliphatic carbocycles. The Balaban J connectivity index is 2.35. The minimum absolute atomic E-state index is 0.0575. The van der Waals surface area contributed by atoms with E-state index in [4.69, 9.17) is 5.11 Å². The van der Waals surface area contributed by atoms with Crippen LogP contribution in [0.5, 0.6) is 0 Å². The maximum Gasteiger partial charge on any atom is 0.337 e. The highest BCUT2D eigenvalue weighted by Crippen LogP contribution is 2.26. The van der Waals surface area contributed by atoms with Gasteiger partial charge in [0.05, 0.1) is 30.0 Å². The number of H-pyrrole nitrogens is 1. The van der Waals surface area contributed by atoms with Gasteiger partial charge in [0.25, 0.3) is 0 Å².